The van der Waals surface area contributed by atoms with Crippen LogP contribution in [0.3, 0.4) is 0 Å². The van der Waals surface area contributed by atoms with Gasteiger partial charge in [-0.05, 0) is 13.8 Å². The first-order chi connectivity index (χ1) is 13.0. The Morgan fingerprint density at radius 1 is 1.29 bits per heavy atom. The topological polar surface area (TPSA) is 69.8 Å². The van der Waals surface area contributed by atoms with Crippen molar-refractivity contribution in [1.29, 1.82) is 0 Å². The van der Waals surface area contributed by atoms with Crippen molar-refractivity contribution in [3.63, 3.8) is 0 Å². The van der Waals surface area contributed by atoms with Crippen LogP contribution in [0.2, 0.25) is 0 Å². The van der Waals surface area contributed by atoms with Crippen LogP contribution >= 0.6 is 35.3 Å². The molecule has 156 valence electrons. The van der Waals surface area contributed by atoms with E-state index in [-0.39, 0.29) is 24.0 Å². The van der Waals surface area contributed by atoms with E-state index < -0.39 is 0 Å². The molecular weight excluding hydrogens is 487 g/mol. The molecule has 7 nitrogen and oxygen atoms in total. The molecule has 0 saturated carbocycles. The summed E-state index contributed by atoms with van der Waals surface area (Å²) in [7, 11) is 0. The van der Waals surface area contributed by atoms with Crippen LogP contribution in [-0.4, -0.2) is 58.6 Å². The zero-order valence-electron chi connectivity index (χ0n) is 17.1. The maximum atomic E-state index is 5.17. The van der Waals surface area contributed by atoms with E-state index in [1.165, 1.54) is 5.01 Å². The third-order valence-corrected chi connectivity index (χ3v) is 5.72. The molecule has 0 spiro atoms. The number of aromatic nitrogens is 2. The zero-order valence-corrected chi connectivity index (χ0v) is 20.3. The second-order valence-electron chi connectivity index (χ2n) is 7.19. The van der Waals surface area contributed by atoms with Gasteiger partial charge in [-0.15, -0.1) is 35.3 Å². The number of aryl methyl sites for hydroxylation is 1. The summed E-state index contributed by atoms with van der Waals surface area (Å²) in [6.45, 7) is 14.6. The van der Waals surface area contributed by atoms with E-state index in [0.717, 1.165) is 62.4 Å². The van der Waals surface area contributed by atoms with E-state index in [4.69, 9.17) is 9.52 Å². The lowest BCUT2D eigenvalue weighted by atomic mass is 10.2. The number of thiazole rings is 1. The fourth-order valence-corrected chi connectivity index (χ4v) is 3.91. The van der Waals surface area contributed by atoms with Gasteiger partial charge in [-0.25, -0.2) is 9.98 Å². The van der Waals surface area contributed by atoms with Crippen LogP contribution in [0.5, 0.6) is 0 Å². The average Bonchev–Trinajstić information content (AvgIpc) is 3.28. The molecule has 2 aromatic heterocycles. The lowest BCUT2D eigenvalue weighted by molar-refractivity contribution is 0.169. The first-order valence-electron chi connectivity index (χ1n) is 9.67. The molecule has 3 heterocycles. The van der Waals surface area contributed by atoms with E-state index in [1.54, 1.807) is 11.3 Å². The van der Waals surface area contributed by atoms with Crippen molar-refractivity contribution >= 4 is 41.3 Å². The van der Waals surface area contributed by atoms with Crippen LogP contribution in [-0.2, 0) is 13.1 Å². The van der Waals surface area contributed by atoms with Crippen molar-refractivity contribution in [1.82, 2.24) is 25.3 Å². The predicted octanol–water partition coefficient (Wildman–Crippen LogP) is 3.46. The highest BCUT2D eigenvalue weighted by molar-refractivity contribution is 14.0. The molecule has 9 heteroatoms. The van der Waals surface area contributed by atoms with Gasteiger partial charge in [-0.1, -0.05) is 19.0 Å². The average molecular weight is 518 g/mol. The normalized spacial score (nSPS) is 15.8. The van der Waals surface area contributed by atoms with Crippen LogP contribution in [0.15, 0.2) is 21.0 Å². The molecule has 0 bridgehead atoms. The van der Waals surface area contributed by atoms with Crippen molar-refractivity contribution in [2.75, 3.05) is 32.7 Å². The fourth-order valence-electron chi connectivity index (χ4n) is 3.08. The van der Waals surface area contributed by atoms with Gasteiger partial charge < -0.3 is 14.7 Å². The lowest BCUT2D eigenvalue weighted by Crippen LogP contribution is -2.52. The van der Waals surface area contributed by atoms with Gasteiger partial charge in [0.05, 0.1) is 22.9 Å². The predicted molar refractivity (Wildman–Crippen MR) is 125 cm³/mol. The number of aliphatic imine (C=N–C) groups is 1. The monoisotopic (exact) mass is 518 g/mol. The van der Waals surface area contributed by atoms with E-state index in [1.807, 2.05) is 13.0 Å². The summed E-state index contributed by atoms with van der Waals surface area (Å²) >= 11 is 1.73. The Kier molecular flexibility index (Phi) is 9.16. The SMILES string of the molecule is CCNC(=NCc1csc(C(C)C)n1)N1CCN(Cc2cc(C)on2)CC1.I. The summed E-state index contributed by atoms with van der Waals surface area (Å²) < 4.78 is 5.17. The molecule has 1 aliphatic rings. The molecule has 2 aromatic rings. The van der Waals surface area contributed by atoms with Gasteiger partial charge in [0.15, 0.2) is 5.96 Å². The van der Waals surface area contributed by atoms with Gasteiger partial charge in [0.1, 0.15) is 5.76 Å². The summed E-state index contributed by atoms with van der Waals surface area (Å²) in [5.74, 6) is 2.32. The molecule has 0 amide bonds. The molecular formula is C19H31IN6OS. The van der Waals surface area contributed by atoms with Crippen LogP contribution in [0, 0.1) is 6.92 Å². The highest BCUT2D eigenvalue weighted by atomic mass is 127. The van der Waals surface area contributed by atoms with Crippen molar-refractivity contribution in [3.8, 4) is 0 Å². The molecule has 1 N–H and O–H groups in total. The Morgan fingerprint density at radius 2 is 2.04 bits per heavy atom. The summed E-state index contributed by atoms with van der Waals surface area (Å²) in [6.07, 6.45) is 0. The van der Waals surface area contributed by atoms with E-state index in [0.29, 0.717) is 12.5 Å². The molecule has 0 radical (unpaired) electrons. The highest BCUT2D eigenvalue weighted by Gasteiger charge is 2.20. The van der Waals surface area contributed by atoms with Gasteiger partial charge in [-0.2, -0.15) is 0 Å². The minimum absolute atomic E-state index is 0. The molecule has 28 heavy (non-hydrogen) atoms. The zero-order chi connectivity index (χ0) is 19.2. The molecule has 1 saturated heterocycles. The Bertz CT molecular complexity index is 751. The van der Waals surface area contributed by atoms with Gasteiger partial charge >= 0.3 is 0 Å². The number of guanidine groups is 1. The fraction of sp³-hybridized carbons (Fsp3) is 0.632. The number of hydrogen-bond acceptors (Lipinski definition) is 6. The van der Waals surface area contributed by atoms with Crippen LogP contribution < -0.4 is 5.32 Å². The highest BCUT2D eigenvalue weighted by Crippen LogP contribution is 2.19. The third kappa shape index (κ3) is 6.41. The number of nitrogens with one attached hydrogen (secondary N) is 1. The van der Waals surface area contributed by atoms with E-state index in [2.05, 4.69) is 51.4 Å². The van der Waals surface area contributed by atoms with Crippen molar-refractivity contribution < 1.29 is 4.52 Å². The minimum Gasteiger partial charge on any atom is -0.361 e. The number of piperazine rings is 1. The maximum Gasteiger partial charge on any atom is 0.194 e. The van der Waals surface area contributed by atoms with Gasteiger partial charge in [-0.3, -0.25) is 4.90 Å². The van der Waals surface area contributed by atoms with Gasteiger partial charge in [0, 0.05) is 56.6 Å². The Balaban J connectivity index is 0.00000280. The lowest BCUT2D eigenvalue weighted by Gasteiger charge is -2.36. The third-order valence-electron chi connectivity index (χ3n) is 4.52. The number of rotatable bonds is 6. The van der Waals surface area contributed by atoms with Crippen molar-refractivity contribution in [2.45, 2.75) is 46.7 Å². The molecule has 0 unspecified atom stereocenters. The summed E-state index contributed by atoms with van der Waals surface area (Å²) in [5.41, 5.74) is 2.06. The molecule has 3 rings (SSSR count). The quantitative estimate of drug-likeness (QED) is 0.359. The van der Waals surface area contributed by atoms with Gasteiger partial charge in [0.2, 0.25) is 0 Å². The molecule has 1 fully saturated rings. The minimum atomic E-state index is 0. The number of hydrogen-bond donors (Lipinski definition) is 1. The van der Waals surface area contributed by atoms with Crippen LogP contribution in [0.1, 0.15) is 48.8 Å². The Labute approximate surface area is 188 Å². The second-order valence-corrected chi connectivity index (χ2v) is 8.08. The first-order valence-corrected chi connectivity index (χ1v) is 10.5. The number of halogens is 1. The summed E-state index contributed by atoms with van der Waals surface area (Å²) in [5, 5.41) is 10.8. The smallest absolute Gasteiger partial charge is 0.194 e. The first kappa shape index (κ1) is 23.1. The summed E-state index contributed by atoms with van der Waals surface area (Å²) in [4.78, 5) is 14.3. The molecule has 0 atom stereocenters. The standard InChI is InChI=1S/C19H30N6OS.HI/c1-5-20-19(21-11-17-13-27-18(22-17)14(2)3)25-8-6-24(7-9-25)12-16-10-15(4)26-23-16;/h10,13-14H,5-9,11-12H2,1-4H3,(H,20,21);1H. The Hall–Kier alpha value is -1.20. The van der Waals surface area contributed by atoms with Crippen LogP contribution in [0.4, 0.5) is 0 Å². The molecule has 1 aliphatic heterocycles. The molecule has 0 aromatic carbocycles. The Morgan fingerprint density at radius 3 is 2.61 bits per heavy atom. The van der Waals surface area contributed by atoms with E-state index >= 15 is 0 Å². The molecule has 0 aliphatic carbocycles. The largest absolute Gasteiger partial charge is 0.361 e. The van der Waals surface area contributed by atoms with Crippen molar-refractivity contribution in [2.24, 2.45) is 4.99 Å². The van der Waals surface area contributed by atoms with E-state index in [9.17, 15) is 0 Å². The van der Waals surface area contributed by atoms with Crippen LogP contribution in [0.25, 0.3) is 0 Å². The summed E-state index contributed by atoms with van der Waals surface area (Å²) in [6, 6.07) is 2.01. The number of nitrogens with zero attached hydrogens (tertiary/aromatic N) is 5. The van der Waals surface area contributed by atoms with Crippen molar-refractivity contribution in [3.05, 3.63) is 33.6 Å². The van der Waals surface area contributed by atoms with Gasteiger partial charge in [0.25, 0.3) is 0 Å². The second kappa shape index (κ2) is 11.1. The maximum absolute atomic E-state index is 5.17.